The highest BCUT2D eigenvalue weighted by Crippen LogP contribution is 2.61. The molecule has 0 aromatic heterocycles. The van der Waals surface area contributed by atoms with Crippen LogP contribution in [0.1, 0.15) is 158 Å². The molecule has 0 aromatic rings. The molecule has 1 heterocycles. The molecule has 6 aliphatic carbocycles. The highest BCUT2D eigenvalue weighted by Gasteiger charge is 2.53. The molecular formula is C55H84O8. The van der Waals surface area contributed by atoms with Gasteiger partial charge in [-0.3, -0.25) is 0 Å². The van der Waals surface area contributed by atoms with Crippen molar-refractivity contribution in [1.29, 1.82) is 0 Å². The maximum atomic E-state index is 11.9. The molecule has 0 amide bonds. The number of carbonyl (C=O) groups excluding carboxylic acids is 1. The number of aliphatic hydroxyl groups is 6. The van der Waals surface area contributed by atoms with Gasteiger partial charge in [-0.05, 0) is 173 Å². The monoisotopic (exact) mass is 873 g/mol. The third-order valence-electron chi connectivity index (χ3n) is 17.7. The Balaban J connectivity index is 0.000000210. The number of hydrogen-bond acceptors (Lipinski definition) is 8. The summed E-state index contributed by atoms with van der Waals surface area (Å²) in [6.07, 6.45) is 26.0. The molecule has 6 saturated carbocycles. The SMILES string of the molecule is C=C1/C(=C\C=C2/CCC[C@]3(C)[C@@H]([C@H](C)/C=C/[C@H](C)C(C)(C)O)CC[C@@H]23)C[C@@H](O)C[C@@H]1O.C=C1/C(=C\C=C2/CCC[C@]3(C)[C@@H]([C@H](C)C[C@H]4CC(C)(O)C(=O)O4)CC[C@@H]23)C[C@@H](O)C[C@@H]1O. The predicted molar refractivity (Wildman–Crippen MR) is 252 cm³/mol. The topological polar surface area (TPSA) is 148 Å². The summed E-state index contributed by atoms with van der Waals surface area (Å²) in [6, 6.07) is 0. The zero-order chi connectivity index (χ0) is 46.2. The summed E-state index contributed by atoms with van der Waals surface area (Å²) in [5, 5.41) is 60.8. The van der Waals surface area contributed by atoms with Gasteiger partial charge in [-0.25, -0.2) is 4.79 Å². The summed E-state index contributed by atoms with van der Waals surface area (Å²) in [5.41, 5.74) is 5.01. The molecule has 0 radical (unpaired) electrons. The smallest absolute Gasteiger partial charge is 0.338 e. The van der Waals surface area contributed by atoms with Crippen molar-refractivity contribution in [2.45, 2.75) is 200 Å². The number of hydrogen-bond donors (Lipinski definition) is 6. The molecule has 352 valence electrons. The van der Waals surface area contributed by atoms with Crippen LogP contribution >= 0.6 is 0 Å². The Morgan fingerprint density at radius 3 is 1.68 bits per heavy atom. The molecule has 7 rings (SSSR count). The van der Waals surface area contributed by atoms with E-state index in [0.717, 1.165) is 41.6 Å². The lowest BCUT2D eigenvalue weighted by molar-refractivity contribution is -0.154. The summed E-state index contributed by atoms with van der Waals surface area (Å²) in [7, 11) is 0. The van der Waals surface area contributed by atoms with Gasteiger partial charge in [-0.15, -0.1) is 0 Å². The molecule has 63 heavy (non-hydrogen) atoms. The first-order chi connectivity index (χ1) is 29.4. The van der Waals surface area contributed by atoms with Crippen molar-refractivity contribution in [3.8, 4) is 0 Å². The third kappa shape index (κ3) is 11.0. The van der Waals surface area contributed by atoms with E-state index in [0.29, 0.717) is 73.0 Å². The Kier molecular flexibility index (Phi) is 15.6. The van der Waals surface area contributed by atoms with Crippen molar-refractivity contribution >= 4 is 5.97 Å². The van der Waals surface area contributed by atoms with Gasteiger partial charge in [0.25, 0.3) is 0 Å². The van der Waals surface area contributed by atoms with Gasteiger partial charge in [0.2, 0.25) is 0 Å². The zero-order valence-electron chi connectivity index (χ0n) is 40.1. The fourth-order valence-corrected chi connectivity index (χ4v) is 13.6. The normalized spacial score (nSPS) is 42.6. The van der Waals surface area contributed by atoms with Crippen molar-refractivity contribution in [1.82, 2.24) is 0 Å². The molecule has 1 unspecified atom stereocenters. The van der Waals surface area contributed by atoms with Gasteiger partial charge in [0, 0.05) is 25.2 Å². The van der Waals surface area contributed by atoms with Crippen LogP contribution < -0.4 is 0 Å². The van der Waals surface area contributed by atoms with Gasteiger partial charge in [0.05, 0.1) is 30.0 Å². The van der Waals surface area contributed by atoms with E-state index in [1.807, 2.05) is 13.8 Å². The van der Waals surface area contributed by atoms with Crippen LogP contribution in [-0.2, 0) is 9.53 Å². The number of esters is 1. The molecule has 0 bridgehead atoms. The molecular weight excluding hydrogens is 789 g/mol. The van der Waals surface area contributed by atoms with Gasteiger partial charge in [-0.2, -0.15) is 0 Å². The van der Waals surface area contributed by atoms with E-state index in [1.54, 1.807) is 6.92 Å². The van der Waals surface area contributed by atoms with E-state index >= 15 is 0 Å². The van der Waals surface area contributed by atoms with E-state index < -0.39 is 41.6 Å². The van der Waals surface area contributed by atoms with Crippen LogP contribution in [0.15, 0.2) is 83.1 Å². The first-order valence-corrected chi connectivity index (χ1v) is 24.7. The van der Waals surface area contributed by atoms with Gasteiger partial charge in [-0.1, -0.05) is 95.4 Å². The summed E-state index contributed by atoms with van der Waals surface area (Å²) < 4.78 is 5.47. The highest BCUT2D eigenvalue weighted by atomic mass is 16.6. The van der Waals surface area contributed by atoms with Gasteiger partial charge in [0.1, 0.15) is 6.10 Å². The van der Waals surface area contributed by atoms with E-state index in [2.05, 4.69) is 84.2 Å². The maximum Gasteiger partial charge on any atom is 0.338 e. The minimum atomic E-state index is -1.34. The minimum absolute atomic E-state index is 0.141. The maximum absolute atomic E-state index is 11.9. The molecule has 6 N–H and O–H groups in total. The standard InChI is InChI=1S/C28H44O3.C27H40O5/c1-18(9-10-19(2)27(4,5)31)24-13-14-25-21(8-7-15-28(24,25)6)11-12-22-16-23(29)17-26(30)20(22)3;1-16(12-21-15-27(4,31)25(30)32-21)22-9-10-23-18(6-5-11-26(22,23)3)7-8-19-13-20(28)14-24(29)17(19)2/h9-12,18-19,23-26,29-31H,3,7-8,13-17H2,1-2,4-6H3;7-8,16,20-24,28-29,31H,2,5-6,9-15H2,1,3-4H3/b10-9+,21-11+,22-12-;18-7+,19-8-/t18-,19+,23-,24-,25+,26+,28-;16-,20-,21+,22-,23+,24+,26-,27?/m11/s1. The number of ether oxygens (including phenoxy) is 1. The van der Waals surface area contributed by atoms with Crippen molar-refractivity contribution < 1.29 is 40.2 Å². The summed E-state index contributed by atoms with van der Waals surface area (Å²) in [4.78, 5) is 11.9. The van der Waals surface area contributed by atoms with Crippen molar-refractivity contribution in [3.63, 3.8) is 0 Å². The Morgan fingerprint density at radius 2 is 1.22 bits per heavy atom. The van der Waals surface area contributed by atoms with Gasteiger partial charge < -0.3 is 35.4 Å². The molecule has 15 atom stereocenters. The number of allylic oxidation sites excluding steroid dienone is 7. The van der Waals surface area contributed by atoms with Crippen LogP contribution in [0.5, 0.6) is 0 Å². The van der Waals surface area contributed by atoms with Crippen molar-refractivity contribution in [3.05, 3.63) is 83.1 Å². The lowest BCUT2D eigenvalue weighted by atomic mass is 9.60. The second-order valence-electron chi connectivity index (χ2n) is 22.7. The summed E-state index contributed by atoms with van der Waals surface area (Å²) in [5.74, 6) is 2.97. The molecule has 0 spiro atoms. The number of aliphatic hydroxyl groups excluding tert-OH is 4. The van der Waals surface area contributed by atoms with Crippen molar-refractivity contribution in [2.75, 3.05) is 0 Å². The summed E-state index contributed by atoms with van der Waals surface area (Å²) in [6.45, 7) is 25.1. The first-order valence-electron chi connectivity index (χ1n) is 24.7. The Labute approximate surface area is 380 Å². The number of carbonyl (C=O) groups is 1. The van der Waals surface area contributed by atoms with E-state index in [-0.39, 0.29) is 17.4 Å². The van der Waals surface area contributed by atoms with Crippen LogP contribution in [0.3, 0.4) is 0 Å². The first kappa shape index (κ1) is 49.8. The van der Waals surface area contributed by atoms with Crippen molar-refractivity contribution in [2.24, 2.45) is 52.3 Å². The largest absolute Gasteiger partial charge is 0.460 e. The van der Waals surface area contributed by atoms with Crippen LogP contribution in [0.25, 0.3) is 0 Å². The Bertz CT molecular complexity index is 1840. The minimum Gasteiger partial charge on any atom is -0.460 e. The van der Waals surface area contributed by atoms with Crippen LogP contribution in [0.2, 0.25) is 0 Å². The zero-order valence-corrected chi connectivity index (χ0v) is 40.1. The lowest BCUT2D eigenvalue weighted by Gasteiger charge is -2.44. The average Bonchev–Trinajstić information content (AvgIpc) is 3.83. The van der Waals surface area contributed by atoms with Gasteiger partial charge in [0.15, 0.2) is 5.60 Å². The number of rotatable bonds is 9. The molecule has 8 nitrogen and oxygen atoms in total. The average molecular weight is 873 g/mol. The third-order valence-corrected chi connectivity index (χ3v) is 17.7. The number of cyclic esters (lactones) is 1. The molecule has 1 aliphatic heterocycles. The van der Waals surface area contributed by atoms with E-state index in [9.17, 15) is 35.4 Å². The number of fused-ring (bicyclic) bond motifs is 2. The second kappa shape index (κ2) is 19.7. The fraction of sp³-hybridized carbons (Fsp3) is 0.727. The highest BCUT2D eigenvalue weighted by molar-refractivity contribution is 5.80. The Hall–Kier alpha value is -2.59. The van der Waals surface area contributed by atoms with Crippen LogP contribution in [0.4, 0.5) is 0 Å². The molecule has 8 heteroatoms. The Morgan fingerprint density at radius 1 is 0.746 bits per heavy atom. The van der Waals surface area contributed by atoms with E-state index in [1.165, 1.54) is 62.5 Å². The fourth-order valence-electron chi connectivity index (χ4n) is 13.6. The van der Waals surface area contributed by atoms with E-state index in [4.69, 9.17) is 4.74 Å². The molecule has 7 fully saturated rings. The summed E-state index contributed by atoms with van der Waals surface area (Å²) >= 11 is 0. The molecule has 1 saturated heterocycles. The second-order valence-corrected chi connectivity index (χ2v) is 22.7. The quantitative estimate of drug-likeness (QED) is 0.0992. The molecule has 0 aromatic carbocycles. The van der Waals surface area contributed by atoms with Crippen LogP contribution in [0, 0.1) is 52.3 Å². The van der Waals surface area contributed by atoms with Gasteiger partial charge >= 0.3 is 5.97 Å². The molecule has 7 aliphatic rings. The lowest BCUT2D eigenvalue weighted by Crippen LogP contribution is -2.36. The van der Waals surface area contributed by atoms with Crippen LogP contribution in [-0.4, -0.2) is 78.3 Å². The predicted octanol–water partition coefficient (Wildman–Crippen LogP) is 9.95.